The first-order valence-corrected chi connectivity index (χ1v) is 22.2. The molecule has 0 unspecified atom stereocenters. The molecule has 0 amide bonds. The molecule has 2 aromatic heterocycles. The zero-order chi connectivity index (χ0) is 42.8. The third kappa shape index (κ3) is 6.28. The van der Waals surface area contributed by atoms with E-state index in [1.807, 2.05) is 0 Å². The zero-order valence-electron chi connectivity index (χ0n) is 35.4. The van der Waals surface area contributed by atoms with E-state index in [4.69, 9.17) is 4.42 Å². The molecule has 13 aromatic rings. The minimum Gasteiger partial charge on any atom is -0.455 e. The molecule has 0 fully saturated rings. The van der Waals surface area contributed by atoms with E-state index in [-0.39, 0.29) is 0 Å². The van der Waals surface area contributed by atoms with E-state index >= 15 is 0 Å². The number of furan rings is 1. The summed E-state index contributed by atoms with van der Waals surface area (Å²) in [5, 5.41) is 9.58. The quantitative estimate of drug-likeness (QED) is 0.160. The maximum atomic E-state index is 6.62. The van der Waals surface area contributed by atoms with Gasteiger partial charge in [0.05, 0.1) is 11.0 Å². The van der Waals surface area contributed by atoms with Crippen LogP contribution in [0.15, 0.2) is 247 Å². The van der Waals surface area contributed by atoms with Crippen LogP contribution in [0.4, 0.5) is 17.1 Å². The molecule has 0 aliphatic rings. The third-order valence-electron chi connectivity index (χ3n) is 13.2. The molecule has 0 aliphatic heterocycles. The number of anilines is 3. The highest BCUT2D eigenvalue weighted by atomic mass is 16.3. The summed E-state index contributed by atoms with van der Waals surface area (Å²) in [5.74, 6) is 0. The molecule has 0 saturated carbocycles. The van der Waals surface area contributed by atoms with Crippen LogP contribution < -0.4 is 4.90 Å². The van der Waals surface area contributed by atoms with Crippen molar-refractivity contribution in [3.8, 4) is 39.1 Å². The minimum atomic E-state index is 0.887. The zero-order valence-corrected chi connectivity index (χ0v) is 35.4. The Hall–Kier alpha value is -8.66. The van der Waals surface area contributed by atoms with Crippen LogP contribution in [0.2, 0.25) is 0 Å². The summed E-state index contributed by atoms with van der Waals surface area (Å²) >= 11 is 0. The van der Waals surface area contributed by atoms with Crippen LogP contribution in [0.5, 0.6) is 0 Å². The molecule has 0 atom stereocenters. The van der Waals surface area contributed by atoms with E-state index in [1.165, 1.54) is 49.1 Å². The Morgan fingerprint density at radius 3 is 1.54 bits per heavy atom. The molecule has 3 heteroatoms. The molecule has 0 N–H and O–H groups in total. The molecule has 11 aromatic carbocycles. The van der Waals surface area contributed by atoms with Crippen molar-refractivity contribution in [2.45, 2.75) is 0 Å². The van der Waals surface area contributed by atoms with Crippen molar-refractivity contribution in [1.82, 2.24) is 4.57 Å². The van der Waals surface area contributed by atoms with Crippen molar-refractivity contribution in [2.75, 3.05) is 4.90 Å². The van der Waals surface area contributed by atoms with Gasteiger partial charge < -0.3 is 13.9 Å². The first kappa shape index (κ1) is 36.9. The fraction of sp³-hybridized carbons (Fsp3) is 0. The fourth-order valence-electron chi connectivity index (χ4n) is 9.96. The summed E-state index contributed by atoms with van der Waals surface area (Å²) in [6.45, 7) is 0. The largest absolute Gasteiger partial charge is 0.455 e. The van der Waals surface area contributed by atoms with E-state index in [0.717, 1.165) is 72.3 Å². The number of fused-ring (bicyclic) bond motifs is 9. The van der Waals surface area contributed by atoms with E-state index in [0.29, 0.717) is 0 Å². The Bertz CT molecular complexity index is 3900. The molecule has 3 nitrogen and oxygen atoms in total. The minimum absolute atomic E-state index is 0.887. The third-order valence-corrected chi connectivity index (χ3v) is 13.2. The highest BCUT2D eigenvalue weighted by Gasteiger charge is 2.17. The van der Waals surface area contributed by atoms with Crippen LogP contribution in [0.25, 0.3) is 104 Å². The van der Waals surface area contributed by atoms with Crippen molar-refractivity contribution in [2.24, 2.45) is 0 Å². The maximum Gasteiger partial charge on any atom is 0.143 e. The van der Waals surface area contributed by atoms with Crippen molar-refractivity contribution in [3.05, 3.63) is 243 Å². The van der Waals surface area contributed by atoms with Crippen molar-refractivity contribution >= 4 is 82.4 Å². The van der Waals surface area contributed by atoms with Gasteiger partial charge in [-0.15, -0.1) is 0 Å². The Balaban J connectivity index is 0.894. The summed E-state index contributed by atoms with van der Waals surface area (Å²) in [7, 11) is 0. The highest BCUT2D eigenvalue weighted by Crippen LogP contribution is 2.41. The number of hydrogen-bond acceptors (Lipinski definition) is 2. The number of nitrogens with zero attached hydrogens (tertiary/aromatic N) is 2. The van der Waals surface area contributed by atoms with Crippen molar-refractivity contribution in [3.63, 3.8) is 0 Å². The number of benzene rings is 11. The van der Waals surface area contributed by atoms with Crippen LogP contribution in [0, 0.1) is 0 Å². The standard InChI is InChI=1S/C62H40N2O/c1-2-13-45-37-48(24-23-41(45)11-1)43-27-33-51(34-28-43)63(52-16-10-15-47(39-52)49-30-35-57-58-36-29-44-12-3-4-18-54(44)62(58)65-61(57)40-49)50-31-25-42(26-32-50)46-14-9-17-53(38-46)64-59-21-7-5-19-55(59)56-20-6-8-22-60(56)64/h1-40H. The second-order valence-corrected chi connectivity index (χ2v) is 16.9. The molecule has 13 rings (SSSR count). The van der Waals surface area contributed by atoms with Crippen molar-refractivity contribution < 1.29 is 4.42 Å². The van der Waals surface area contributed by atoms with Gasteiger partial charge in [-0.1, -0.05) is 158 Å². The van der Waals surface area contributed by atoms with E-state index in [2.05, 4.69) is 252 Å². The van der Waals surface area contributed by atoms with Crippen molar-refractivity contribution in [1.29, 1.82) is 0 Å². The highest BCUT2D eigenvalue weighted by molar-refractivity contribution is 6.15. The van der Waals surface area contributed by atoms with E-state index in [1.54, 1.807) is 0 Å². The molecule has 304 valence electrons. The molecule has 0 spiro atoms. The Morgan fingerprint density at radius 2 is 0.815 bits per heavy atom. The van der Waals surface area contributed by atoms with Crippen LogP contribution in [0.1, 0.15) is 0 Å². The summed E-state index contributed by atoms with van der Waals surface area (Å²) in [5.41, 5.74) is 15.5. The lowest BCUT2D eigenvalue weighted by atomic mass is 10.00. The lowest BCUT2D eigenvalue weighted by Gasteiger charge is -2.26. The summed E-state index contributed by atoms with van der Waals surface area (Å²) in [6.07, 6.45) is 0. The Kier molecular flexibility index (Phi) is 8.53. The Morgan fingerprint density at radius 1 is 0.292 bits per heavy atom. The molecule has 0 saturated heterocycles. The predicted molar refractivity (Wildman–Crippen MR) is 274 cm³/mol. The van der Waals surface area contributed by atoms with Gasteiger partial charge in [0.25, 0.3) is 0 Å². The fourth-order valence-corrected chi connectivity index (χ4v) is 9.96. The summed E-state index contributed by atoms with van der Waals surface area (Å²) < 4.78 is 9.00. The van der Waals surface area contributed by atoms with Crippen LogP contribution in [0.3, 0.4) is 0 Å². The van der Waals surface area contributed by atoms with Crippen LogP contribution >= 0.6 is 0 Å². The predicted octanol–water partition coefficient (Wildman–Crippen LogP) is 17.5. The Labute approximate surface area is 376 Å². The van der Waals surface area contributed by atoms with Gasteiger partial charge in [0.15, 0.2) is 0 Å². The molecular formula is C62H40N2O. The topological polar surface area (TPSA) is 21.3 Å². The van der Waals surface area contributed by atoms with Gasteiger partial charge in [-0.05, 0) is 134 Å². The monoisotopic (exact) mass is 828 g/mol. The van der Waals surface area contributed by atoms with Crippen LogP contribution in [-0.2, 0) is 0 Å². The smallest absolute Gasteiger partial charge is 0.143 e. The summed E-state index contributed by atoms with van der Waals surface area (Å²) in [4.78, 5) is 2.36. The van der Waals surface area contributed by atoms with Gasteiger partial charge >= 0.3 is 0 Å². The van der Waals surface area contributed by atoms with Gasteiger partial charge in [-0.25, -0.2) is 0 Å². The van der Waals surface area contributed by atoms with Crippen LogP contribution in [-0.4, -0.2) is 4.57 Å². The van der Waals surface area contributed by atoms with Gasteiger partial charge in [0.2, 0.25) is 0 Å². The first-order valence-electron chi connectivity index (χ1n) is 22.2. The van der Waals surface area contributed by atoms with Gasteiger partial charge in [0.1, 0.15) is 11.2 Å². The molecule has 65 heavy (non-hydrogen) atoms. The lowest BCUT2D eigenvalue weighted by Crippen LogP contribution is -2.10. The molecular weight excluding hydrogens is 789 g/mol. The van der Waals surface area contributed by atoms with Gasteiger partial charge in [0, 0.05) is 49.7 Å². The summed E-state index contributed by atoms with van der Waals surface area (Å²) in [6, 6.07) is 87.7. The second-order valence-electron chi connectivity index (χ2n) is 16.9. The lowest BCUT2D eigenvalue weighted by molar-refractivity contribution is 0.673. The van der Waals surface area contributed by atoms with E-state index < -0.39 is 0 Å². The average Bonchev–Trinajstić information content (AvgIpc) is 3.93. The molecule has 0 aliphatic carbocycles. The molecule has 0 bridgehead atoms. The van der Waals surface area contributed by atoms with E-state index in [9.17, 15) is 0 Å². The number of aromatic nitrogens is 1. The molecule has 2 heterocycles. The SMILES string of the molecule is c1cc(-c2ccc3c(c2)oc2c4ccccc4ccc32)cc(N(c2ccc(-c3cccc(-n4c5ccccc5c5ccccc54)c3)cc2)c2ccc(-c3ccc4ccccc4c3)cc2)c1. The number of rotatable bonds is 7. The number of para-hydroxylation sites is 2. The maximum absolute atomic E-state index is 6.62. The normalized spacial score (nSPS) is 11.7. The second kappa shape index (κ2) is 15.0. The average molecular weight is 829 g/mol. The van der Waals surface area contributed by atoms with Gasteiger partial charge in [-0.3, -0.25) is 0 Å². The van der Waals surface area contributed by atoms with Gasteiger partial charge in [-0.2, -0.15) is 0 Å². The number of hydrogen-bond donors (Lipinski definition) is 0. The first-order chi connectivity index (χ1) is 32.2. The molecule has 0 radical (unpaired) electrons.